The number of ketones is 1. The summed E-state index contributed by atoms with van der Waals surface area (Å²) in [5, 5.41) is 3.33. The second-order valence-corrected chi connectivity index (χ2v) is 6.50. The van der Waals surface area contributed by atoms with Crippen LogP contribution in [0.4, 0.5) is 5.69 Å². The molecule has 0 spiro atoms. The highest BCUT2D eigenvalue weighted by Gasteiger charge is 2.28. The molecule has 0 fully saturated rings. The van der Waals surface area contributed by atoms with E-state index in [2.05, 4.69) is 5.32 Å². The van der Waals surface area contributed by atoms with E-state index in [0.717, 1.165) is 5.56 Å². The van der Waals surface area contributed by atoms with Crippen molar-refractivity contribution in [3.8, 4) is 5.75 Å². The van der Waals surface area contributed by atoms with Gasteiger partial charge in [0.25, 0.3) is 5.91 Å². The van der Waals surface area contributed by atoms with E-state index in [-0.39, 0.29) is 37.3 Å². The zero-order chi connectivity index (χ0) is 19.4. The SMILES string of the molecule is CCC(=O)c1ccc2c(c1)N(CC(=O)NCc1ccccc1Cl)C(=O)CO2. The predicted molar refractivity (Wildman–Crippen MR) is 102 cm³/mol. The van der Waals surface area contributed by atoms with Gasteiger partial charge in [-0.05, 0) is 29.8 Å². The molecule has 0 unspecified atom stereocenters. The quantitative estimate of drug-likeness (QED) is 0.774. The number of anilines is 1. The molecule has 140 valence electrons. The van der Waals surface area contributed by atoms with E-state index in [1.165, 1.54) is 4.90 Å². The number of ether oxygens (including phenoxy) is 1. The van der Waals surface area contributed by atoms with Gasteiger partial charge in [-0.3, -0.25) is 19.3 Å². The molecular formula is C20H19ClN2O4. The van der Waals surface area contributed by atoms with Crippen molar-refractivity contribution in [1.29, 1.82) is 0 Å². The molecule has 3 rings (SSSR count). The number of benzene rings is 2. The van der Waals surface area contributed by atoms with Crippen molar-refractivity contribution in [2.24, 2.45) is 0 Å². The number of carbonyl (C=O) groups excluding carboxylic acids is 3. The minimum absolute atomic E-state index is 0.0426. The Labute approximate surface area is 162 Å². The van der Waals surface area contributed by atoms with Crippen LogP contribution in [0, 0.1) is 0 Å². The van der Waals surface area contributed by atoms with Crippen LogP contribution in [0.25, 0.3) is 0 Å². The van der Waals surface area contributed by atoms with Crippen molar-refractivity contribution in [1.82, 2.24) is 5.32 Å². The lowest BCUT2D eigenvalue weighted by molar-refractivity contribution is -0.125. The molecule has 0 saturated carbocycles. The Kier molecular flexibility index (Phi) is 5.76. The summed E-state index contributed by atoms with van der Waals surface area (Å²) in [4.78, 5) is 38.0. The van der Waals surface area contributed by atoms with Crippen LogP contribution in [0.3, 0.4) is 0 Å². The summed E-state index contributed by atoms with van der Waals surface area (Å²) >= 11 is 6.09. The highest BCUT2D eigenvalue weighted by atomic mass is 35.5. The number of nitrogens with one attached hydrogen (secondary N) is 1. The van der Waals surface area contributed by atoms with Crippen molar-refractivity contribution in [3.05, 3.63) is 58.6 Å². The maximum Gasteiger partial charge on any atom is 0.265 e. The first-order valence-corrected chi connectivity index (χ1v) is 8.98. The first-order valence-electron chi connectivity index (χ1n) is 8.60. The molecule has 7 heteroatoms. The Morgan fingerprint density at radius 3 is 2.74 bits per heavy atom. The summed E-state index contributed by atoms with van der Waals surface area (Å²) in [6.45, 7) is 1.72. The summed E-state index contributed by atoms with van der Waals surface area (Å²) in [7, 11) is 0. The van der Waals surface area contributed by atoms with E-state index in [4.69, 9.17) is 16.3 Å². The second kappa shape index (κ2) is 8.22. The third-order valence-electron chi connectivity index (χ3n) is 4.28. The summed E-state index contributed by atoms with van der Waals surface area (Å²) in [5.74, 6) is -0.236. The molecule has 1 aliphatic heterocycles. The highest BCUT2D eigenvalue weighted by Crippen LogP contribution is 2.33. The van der Waals surface area contributed by atoms with Gasteiger partial charge in [0.2, 0.25) is 5.91 Å². The lowest BCUT2D eigenvalue weighted by Crippen LogP contribution is -2.45. The number of fused-ring (bicyclic) bond motifs is 1. The average molecular weight is 387 g/mol. The molecule has 2 amide bonds. The van der Waals surface area contributed by atoms with Crippen molar-refractivity contribution < 1.29 is 19.1 Å². The third kappa shape index (κ3) is 4.28. The maximum atomic E-state index is 12.4. The maximum absolute atomic E-state index is 12.4. The normalized spacial score (nSPS) is 13.0. The largest absolute Gasteiger partial charge is 0.482 e. The first kappa shape index (κ1) is 18.9. The molecule has 0 saturated heterocycles. The number of hydrogen-bond acceptors (Lipinski definition) is 4. The molecule has 1 N–H and O–H groups in total. The van der Waals surface area contributed by atoms with Gasteiger partial charge < -0.3 is 10.1 Å². The Morgan fingerprint density at radius 1 is 1.22 bits per heavy atom. The van der Waals surface area contributed by atoms with E-state index >= 15 is 0 Å². The molecule has 2 aromatic rings. The van der Waals surface area contributed by atoms with Gasteiger partial charge >= 0.3 is 0 Å². The first-order chi connectivity index (χ1) is 13.0. The number of carbonyl (C=O) groups is 3. The molecular weight excluding hydrogens is 368 g/mol. The van der Waals surface area contributed by atoms with Gasteiger partial charge in [-0.2, -0.15) is 0 Å². The van der Waals surface area contributed by atoms with Crippen LogP contribution in [-0.4, -0.2) is 30.7 Å². The Balaban J connectivity index is 1.74. The van der Waals surface area contributed by atoms with Gasteiger partial charge in [0.15, 0.2) is 12.4 Å². The summed E-state index contributed by atoms with van der Waals surface area (Å²) in [6, 6.07) is 12.1. The lowest BCUT2D eigenvalue weighted by Gasteiger charge is -2.29. The third-order valence-corrected chi connectivity index (χ3v) is 4.65. The van der Waals surface area contributed by atoms with Crippen LogP contribution in [0.5, 0.6) is 5.75 Å². The fourth-order valence-electron chi connectivity index (χ4n) is 2.79. The topological polar surface area (TPSA) is 75.7 Å². The molecule has 1 heterocycles. The molecule has 6 nitrogen and oxygen atoms in total. The van der Waals surface area contributed by atoms with Crippen molar-refractivity contribution in [3.63, 3.8) is 0 Å². The minimum atomic E-state index is -0.337. The number of halogens is 1. The van der Waals surface area contributed by atoms with Gasteiger partial charge in [-0.15, -0.1) is 0 Å². The van der Waals surface area contributed by atoms with E-state index < -0.39 is 0 Å². The van der Waals surface area contributed by atoms with Gasteiger partial charge in [-0.25, -0.2) is 0 Å². The van der Waals surface area contributed by atoms with E-state index in [9.17, 15) is 14.4 Å². The predicted octanol–water partition coefficient (Wildman–Crippen LogP) is 2.97. The average Bonchev–Trinajstić information content (AvgIpc) is 2.68. The van der Waals surface area contributed by atoms with Gasteiger partial charge in [-0.1, -0.05) is 36.7 Å². The van der Waals surface area contributed by atoms with Crippen molar-refractivity contribution in [2.75, 3.05) is 18.1 Å². The molecule has 0 atom stereocenters. The number of amides is 2. The zero-order valence-corrected chi connectivity index (χ0v) is 15.6. The number of nitrogens with zero attached hydrogens (tertiary/aromatic N) is 1. The van der Waals surface area contributed by atoms with Gasteiger partial charge in [0.05, 0.1) is 5.69 Å². The van der Waals surface area contributed by atoms with Crippen LogP contribution in [0.15, 0.2) is 42.5 Å². The number of hydrogen-bond donors (Lipinski definition) is 1. The van der Waals surface area contributed by atoms with E-state index in [1.807, 2.05) is 18.2 Å². The van der Waals surface area contributed by atoms with Crippen LogP contribution >= 0.6 is 11.6 Å². The van der Waals surface area contributed by atoms with Gasteiger partial charge in [0, 0.05) is 23.6 Å². The molecule has 2 aromatic carbocycles. The van der Waals surface area contributed by atoms with Crippen LogP contribution in [0.1, 0.15) is 29.3 Å². The van der Waals surface area contributed by atoms with Crippen LogP contribution < -0.4 is 15.0 Å². The fourth-order valence-corrected chi connectivity index (χ4v) is 2.99. The summed E-state index contributed by atoms with van der Waals surface area (Å²) in [6.07, 6.45) is 0.353. The zero-order valence-electron chi connectivity index (χ0n) is 14.8. The van der Waals surface area contributed by atoms with E-state index in [0.29, 0.717) is 28.4 Å². The number of Topliss-reactive ketones (excluding diaryl/α,β-unsaturated/α-hetero) is 1. The summed E-state index contributed by atoms with van der Waals surface area (Å²) in [5.41, 5.74) is 1.70. The summed E-state index contributed by atoms with van der Waals surface area (Å²) < 4.78 is 5.41. The molecule has 1 aliphatic rings. The standard InChI is InChI=1S/C20H19ClN2O4/c1-2-17(24)13-7-8-18-16(9-13)23(20(26)12-27-18)11-19(25)22-10-14-5-3-4-6-15(14)21/h3-9H,2,10-12H2,1H3,(H,22,25). The molecule has 0 radical (unpaired) electrons. The Bertz CT molecular complexity index is 897. The van der Waals surface area contributed by atoms with Gasteiger partial charge in [0.1, 0.15) is 12.3 Å². The van der Waals surface area contributed by atoms with Crippen molar-refractivity contribution in [2.45, 2.75) is 19.9 Å². The van der Waals surface area contributed by atoms with Crippen molar-refractivity contribution >= 4 is 34.9 Å². The Hall–Kier alpha value is -2.86. The number of rotatable bonds is 6. The monoisotopic (exact) mass is 386 g/mol. The molecule has 0 bridgehead atoms. The minimum Gasteiger partial charge on any atom is -0.482 e. The fraction of sp³-hybridized carbons (Fsp3) is 0.250. The lowest BCUT2D eigenvalue weighted by atomic mass is 10.1. The molecule has 0 aromatic heterocycles. The van der Waals surface area contributed by atoms with E-state index in [1.54, 1.807) is 31.2 Å². The van der Waals surface area contributed by atoms with Crippen LogP contribution in [0.2, 0.25) is 5.02 Å². The smallest absolute Gasteiger partial charge is 0.265 e. The Morgan fingerprint density at radius 2 is 2.00 bits per heavy atom. The van der Waals surface area contributed by atoms with Crippen LogP contribution in [-0.2, 0) is 16.1 Å². The second-order valence-electron chi connectivity index (χ2n) is 6.10. The highest BCUT2D eigenvalue weighted by molar-refractivity contribution is 6.31. The molecule has 0 aliphatic carbocycles. The molecule has 27 heavy (non-hydrogen) atoms.